The molecule has 1 aliphatic carbocycles. The Morgan fingerprint density at radius 1 is 1.33 bits per heavy atom. The minimum absolute atomic E-state index is 0.336. The average Bonchev–Trinajstić information content (AvgIpc) is 3.27. The lowest BCUT2D eigenvalue weighted by Gasteiger charge is -2.14. The fraction of sp³-hybridized carbons (Fsp3) is 0.500. The molecule has 3 rings (SSSR count). The van der Waals surface area contributed by atoms with Crippen LogP contribution >= 0.6 is 0 Å². The molecule has 0 radical (unpaired) electrons. The largest absolute Gasteiger partial charge is 0.485 e. The topological polar surface area (TPSA) is 60.2 Å². The first-order valence-electron chi connectivity index (χ1n) is 7.58. The number of benzene rings is 1. The molecule has 1 atom stereocenters. The van der Waals surface area contributed by atoms with Gasteiger partial charge in [-0.05, 0) is 37.4 Å². The predicted octanol–water partition coefficient (Wildman–Crippen LogP) is 2.58. The summed E-state index contributed by atoms with van der Waals surface area (Å²) in [5.41, 5.74) is 0. The Morgan fingerprint density at radius 3 is 2.86 bits per heavy atom. The van der Waals surface area contributed by atoms with Crippen molar-refractivity contribution in [3.05, 3.63) is 42.0 Å². The molecule has 1 unspecified atom stereocenters. The number of likely N-dealkylation sites (N-methyl/N-ethyl adjacent to an activating group) is 1. The monoisotopic (exact) mass is 287 g/mol. The van der Waals surface area contributed by atoms with Crippen molar-refractivity contribution in [2.24, 2.45) is 5.92 Å². The zero-order chi connectivity index (χ0) is 14.5. The van der Waals surface area contributed by atoms with Crippen LogP contribution in [0.4, 0.5) is 0 Å². The SMILES string of the molecule is CCNC(Cc1nc(COc2ccccc2)no1)C1CC1. The number of rotatable bonds is 8. The van der Waals surface area contributed by atoms with Gasteiger partial charge in [0.2, 0.25) is 11.7 Å². The van der Waals surface area contributed by atoms with Gasteiger partial charge >= 0.3 is 0 Å². The Hall–Kier alpha value is -1.88. The maximum absolute atomic E-state index is 5.62. The summed E-state index contributed by atoms with van der Waals surface area (Å²) < 4.78 is 10.9. The zero-order valence-corrected chi connectivity index (χ0v) is 12.3. The minimum Gasteiger partial charge on any atom is -0.485 e. The Morgan fingerprint density at radius 2 is 2.14 bits per heavy atom. The van der Waals surface area contributed by atoms with Gasteiger partial charge in [-0.1, -0.05) is 30.3 Å². The van der Waals surface area contributed by atoms with Crippen molar-refractivity contribution < 1.29 is 9.26 Å². The van der Waals surface area contributed by atoms with Gasteiger partial charge < -0.3 is 14.6 Å². The normalized spacial score (nSPS) is 15.9. The van der Waals surface area contributed by atoms with E-state index in [1.807, 2.05) is 30.3 Å². The molecular weight excluding hydrogens is 266 g/mol. The number of hydrogen-bond acceptors (Lipinski definition) is 5. The van der Waals surface area contributed by atoms with E-state index in [0.29, 0.717) is 24.4 Å². The summed E-state index contributed by atoms with van der Waals surface area (Å²) in [6.07, 6.45) is 3.41. The summed E-state index contributed by atoms with van der Waals surface area (Å²) in [6, 6.07) is 10.1. The molecule has 0 aliphatic heterocycles. The molecule has 21 heavy (non-hydrogen) atoms. The predicted molar refractivity (Wildman–Crippen MR) is 79.0 cm³/mol. The highest BCUT2D eigenvalue weighted by atomic mass is 16.5. The number of aromatic nitrogens is 2. The quantitative estimate of drug-likeness (QED) is 0.808. The van der Waals surface area contributed by atoms with Crippen LogP contribution < -0.4 is 10.1 Å². The van der Waals surface area contributed by atoms with E-state index < -0.39 is 0 Å². The fourth-order valence-corrected chi connectivity index (χ4v) is 2.45. The molecule has 2 aromatic rings. The number of ether oxygens (including phenoxy) is 1. The Balaban J connectivity index is 1.53. The molecule has 1 aromatic heterocycles. The maximum Gasteiger partial charge on any atom is 0.228 e. The first-order valence-corrected chi connectivity index (χ1v) is 7.58. The van der Waals surface area contributed by atoms with Crippen LogP contribution in [0.1, 0.15) is 31.5 Å². The van der Waals surface area contributed by atoms with Gasteiger partial charge in [0, 0.05) is 12.5 Å². The third-order valence-corrected chi connectivity index (χ3v) is 3.67. The van der Waals surface area contributed by atoms with Gasteiger partial charge in [-0.3, -0.25) is 0 Å². The van der Waals surface area contributed by atoms with Gasteiger partial charge in [0.15, 0.2) is 6.61 Å². The standard InChI is InChI=1S/C16H21N3O2/c1-2-17-14(12-8-9-12)10-16-18-15(19-21-16)11-20-13-6-4-3-5-7-13/h3-7,12,14,17H,2,8-11H2,1H3. The third kappa shape index (κ3) is 4.04. The van der Waals surface area contributed by atoms with E-state index in [0.717, 1.165) is 24.6 Å². The van der Waals surface area contributed by atoms with Crippen molar-refractivity contribution in [1.82, 2.24) is 15.5 Å². The summed E-state index contributed by atoms with van der Waals surface area (Å²) in [6.45, 7) is 3.43. The molecule has 5 nitrogen and oxygen atoms in total. The molecule has 112 valence electrons. The minimum atomic E-state index is 0.336. The van der Waals surface area contributed by atoms with Crippen LogP contribution in [0.15, 0.2) is 34.9 Å². The Kier molecular flexibility index (Phi) is 4.50. The molecule has 1 saturated carbocycles. The van der Waals surface area contributed by atoms with Crippen LogP contribution in [-0.2, 0) is 13.0 Å². The summed E-state index contributed by atoms with van der Waals surface area (Å²) in [4.78, 5) is 4.41. The van der Waals surface area contributed by atoms with E-state index in [1.54, 1.807) is 0 Å². The van der Waals surface area contributed by atoms with E-state index in [2.05, 4.69) is 22.4 Å². The van der Waals surface area contributed by atoms with Crippen molar-refractivity contribution in [3.63, 3.8) is 0 Å². The summed E-state index contributed by atoms with van der Waals surface area (Å²) in [7, 11) is 0. The highest BCUT2D eigenvalue weighted by molar-refractivity contribution is 5.20. The van der Waals surface area contributed by atoms with E-state index in [1.165, 1.54) is 12.8 Å². The van der Waals surface area contributed by atoms with E-state index in [4.69, 9.17) is 9.26 Å². The second kappa shape index (κ2) is 6.72. The molecule has 1 fully saturated rings. The van der Waals surface area contributed by atoms with Gasteiger partial charge in [-0.15, -0.1) is 0 Å². The van der Waals surface area contributed by atoms with Gasteiger partial charge in [0.1, 0.15) is 5.75 Å². The van der Waals surface area contributed by atoms with Gasteiger partial charge in [-0.2, -0.15) is 4.98 Å². The molecule has 0 bridgehead atoms. The molecular formula is C16H21N3O2. The highest BCUT2D eigenvalue weighted by Crippen LogP contribution is 2.33. The summed E-state index contributed by atoms with van der Waals surface area (Å²) >= 11 is 0. The molecule has 1 N–H and O–H groups in total. The molecule has 1 heterocycles. The Labute approximate surface area is 124 Å². The third-order valence-electron chi connectivity index (χ3n) is 3.67. The molecule has 5 heteroatoms. The van der Waals surface area contributed by atoms with Crippen LogP contribution in [0, 0.1) is 5.92 Å². The molecule has 1 aliphatic rings. The van der Waals surface area contributed by atoms with Gasteiger partial charge in [-0.25, -0.2) is 0 Å². The van der Waals surface area contributed by atoms with Crippen LogP contribution in [0.3, 0.4) is 0 Å². The van der Waals surface area contributed by atoms with Crippen molar-refractivity contribution in [2.45, 2.75) is 38.8 Å². The fourth-order valence-electron chi connectivity index (χ4n) is 2.45. The van der Waals surface area contributed by atoms with Gasteiger partial charge in [0.25, 0.3) is 0 Å². The lowest BCUT2D eigenvalue weighted by Crippen LogP contribution is -2.33. The van der Waals surface area contributed by atoms with E-state index in [-0.39, 0.29) is 0 Å². The number of hydrogen-bond donors (Lipinski definition) is 1. The highest BCUT2D eigenvalue weighted by Gasteiger charge is 2.31. The molecule has 1 aromatic carbocycles. The molecule has 0 amide bonds. The van der Waals surface area contributed by atoms with Crippen molar-refractivity contribution >= 4 is 0 Å². The number of para-hydroxylation sites is 1. The maximum atomic E-state index is 5.62. The Bertz CT molecular complexity index is 552. The first-order chi connectivity index (χ1) is 10.3. The molecule has 0 saturated heterocycles. The van der Waals surface area contributed by atoms with Crippen LogP contribution in [0.5, 0.6) is 5.75 Å². The smallest absolute Gasteiger partial charge is 0.228 e. The number of nitrogens with one attached hydrogen (secondary N) is 1. The average molecular weight is 287 g/mol. The first kappa shape index (κ1) is 14.1. The number of nitrogens with zero attached hydrogens (tertiary/aromatic N) is 2. The second-order valence-corrected chi connectivity index (χ2v) is 5.41. The summed E-state index contributed by atoms with van der Waals surface area (Å²) in [5, 5.41) is 7.49. The zero-order valence-electron chi connectivity index (χ0n) is 12.3. The van der Waals surface area contributed by atoms with Crippen LogP contribution in [0.25, 0.3) is 0 Å². The van der Waals surface area contributed by atoms with E-state index in [9.17, 15) is 0 Å². The lowest BCUT2D eigenvalue weighted by molar-refractivity contribution is 0.284. The lowest BCUT2D eigenvalue weighted by atomic mass is 10.1. The van der Waals surface area contributed by atoms with Crippen molar-refractivity contribution in [3.8, 4) is 5.75 Å². The molecule has 0 spiro atoms. The van der Waals surface area contributed by atoms with Crippen molar-refractivity contribution in [1.29, 1.82) is 0 Å². The van der Waals surface area contributed by atoms with Crippen LogP contribution in [-0.4, -0.2) is 22.7 Å². The van der Waals surface area contributed by atoms with Crippen molar-refractivity contribution in [2.75, 3.05) is 6.54 Å². The van der Waals surface area contributed by atoms with Gasteiger partial charge in [0.05, 0.1) is 0 Å². The second-order valence-electron chi connectivity index (χ2n) is 5.41. The summed E-state index contributed by atoms with van der Waals surface area (Å²) in [5.74, 6) is 2.87. The van der Waals surface area contributed by atoms with Crippen LogP contribution in [0.2, 0.25) is 0 Å². The van der Waals surface area contributed by atoms with E-state index >= 15 is 0 Å².